The predicted octanol–water partition coefficient (Wildman–Crippen LogP) is 1.35. The molecule has 12 heteroatoms. The van der Waals surface area contributed by atoms with E-state index in [-0.39, 0.29) is 18.4 Å². The topological polar surface area (TPSA) is 177 Å². The highest BCUT2D eigenvalue weighted by Gasteiger charge is 2.34. The molecule has 3 atom stereocenters. The van der Waals surface area contributed by atoms with Crippen LogP contribution < -0.4 is 27.0 Å². The molecule has 3 rings (SSSR count). The number of carbonyl (C=O) groups is 6. The van der Waals surface area contributed by atoms with Crippen LogP contribution in [0, 0.1) is 5.82 Å². The molecule has 236 valence electrons. The first-order valence-corrected chi connectivity index (χ1v) is 14.2. The van der Waals surface area contributed by atoms with E-state index < -0.39 is 64.8 Å². The third-order valence-electron chi connectivity index (χ3n) is 6.95. The van der Waals surface area contributed by atoms with Crippen molar-refractivity contribution < 1.29 is 33.2 Å². The predicted molar refractivity (Wildman–Crippen MR) is 164 cm³/mol. The SMILES string of the molecule is CC(NC(=O)[C@H](Cc1ccccc1)NC(=O)c1ccccc1F)C(=O)C(=O)NC(Cc1ccccc1)C(=O)NC(C)(C)C(N)=O. The van der Waals surface area contributed by atoms with Crippen molar-refractivity contribution in [1.82, 2.24) is 21.3 Å². The average molecular weight is 618 g/mol. The van der Waals surface area contributed by atoms with E-state index in [2.05, 4.69) is 21.3 Å². The fraction of sp³-hybridized carbons (Fsp3) is 0.273. The summed E-state index contributed by atoms with van der Waals surface area (Å²) in [5, 5.41) is 9.82. The number of hydrogen-bond donors (Lipinski definition) is 5. The number of rotatable bonds is 14. The summed E-state index contributed by atoms with van der Waals surface area (Å²) in [5.74, 6) is -6.19. The van der Waals surface area contributed by atoms with Crippen molar-refractivity contribution in [3.63, 3.8) is 0 Å². The number of halogens is 1. The van der Waals surface area contributed by atoms with Crippen molar-refractivity contribution in [1.29, 1.82) is 0 Å². The van der Waals surface area contributed by atoms with Gasteiger partial charge in [0.15, 0.2) is 0 Å². The third kappa shape index (κ3) is 9.82. The molecule has 0 aliphatic rings. The number of ketones is 1. The van der Waals surface area contributed by atoms with Gasteiger partial charge in [-0.25, -0.2) is 4.39 Å². The van der Waals surface area contributed by atoms with Crippen molar-refractivity contribution in [3.05, 3.63) is 107 Å². The van der Waals surface area contributed by atoms with Gasteiger partial charge in [0.1, 0.15) is 23.4 Å². The van der Waals surface area contributed by atoms with Gasteiger partial charge in [-0.3, -0.25) is 28.8 Å². The summed E-state index contributed by atoms with van der Waals surface area (Å²) in [7, 11) is 0. The fourth-order valence-electron chi connectivity index (χ4n) is 4.26. The molecular weight excluding hydrogens is 581 g/mol. The second-order valence-electron chi connectivity index (χ2n) is 11.0. The van der Waals surface area contributed by atoms with Crippen molar-refractivity contribution >= 4 is 35.3 Å². The minimum atomic E-state index is -1.44. The van der Waals surface area contributed by atoms with E-state index in [1.165, 1.54) is 39.0 Å². The van der Waals surface area contributed by atoms with Crippen LogP contribution in [0.3, 0.4) is 0 Å². The van der Waals surface area contributed by atoms with Crippen LogP contribution in [0.15, 0.2) is 84.9 Å². The zero-order valence-corrected chi connectivity index (χ0v) is 25.1. The van der Waals surface area contributed by atoms with E-state index in [0.717, 1.165) is 6.07 Å². The second-order valence-corrected chi connectivity index (χ2v) is 11.0. The highest BCUT2D eigenvalue weighted by atomic mass is 19.1. The van der Waals surface area contributed by atoms with E-state index in [1.54, 1.807) is 60.7 Å². The van der Waals surface area contributed by atoms with Crippen LogP contribution in [0.1, 0.15) is 42.3 Å². The largest absolute Gasteiger partial charge is 0.368 e. The van der Waals surface area contributed by atoms with Gasteiger partial charge in [-0.1, -0.05) is 72.8 Å². The van der Waals surface area contributed by atoms with E-state index in [9.17, 15) is 33.2 Å². The highest BCUT2D eigenvalue weighted by Crippen LogP contribution is 2.10. The van der Waals surface area contributed by atoms with Crippen LogP contribution in [0.25, 0.3) is 0 Å². The Hall–Kier alpha value is -5.39. The Kier molecular flexibility index (Phi) is 11.6. The molecule has 0 aromatic heterocycles. The van der Waals surface area contributed by atoms with E-state index >= 15 is 0 Å². The minimum Gasteiger partial charge on any atom is -0.368 e. The number of primary amides is 1. The molecule has 11 nitrogen and oxygen atoms in total. The lowest BCUT2D eigenvalue weighted by Crippen LogP contribution is -2.60. The number of carbonyl (C=O) groups excluding carboxylic acids is 6. The van der Waals surface area contributed by atoms with Gasteiger partial charge in [0.25, 0.3) is 11.8 Å². The first-order valence-electron chi connectivity index (χ1n) is 14.2. The maximum absolute atomic E-state index is 14.3. The monoisotopic (exact) mass is 617 g/mol. The molecule has 6 N–H and O–H groups in total. The summed E-state index contributed by atoms with van der Waals surface area (Å²) < 4.78 is 14.3. The molecule has 0 spiro atoms. The second kappa shape index (κ2) is 15.4. The molecule has 3 aromatic carbocycles. The van der Waals surface area contributed by atoms with Gasteiger partial charge in [0, 0.05) is 12.8 Å². The molecule has 0 fully saturated rings. The van der Waals surface area contributed by atoms with Gasteiger partial charge in [-0.05, 0) is 44.0 Å². The van der Waals surface area contributed by atoms with Crippen molar-refractivity contribution in [3.8, 4) is 0 Å². The highest BCUT2D eigenvalue weighted by molar-refractivity contribution is 6.38. The average Bonchev–Trinajstić information content (AvgIpc) is 3.00. The lowest BCUT2D eigenvalue weighted by molar-refractivity contribution is -0.141. The fourth-order valence-corrected chi connectivity index (χ4v) is 4.26. The Morgan fingerprint density at radius 3 is 1.71 bits per heavy atom. The van der Waals surface area contributed by atoms with Crippen LogP contribution >= 0.6 is 0 Å². The van der Waals surface area contributed by atoms with Gasteiger partial charge < -0.3 is 27.0 Å². The van der Waals surface area contributed by atoms with Crippen LogP contribution in [0.4, 0.5) is 4.39 Å². The summed E-state index contributed by atoms with van der Waals surface area (Å²) in [5.41, 5.74) is 5.00. The molecule has 3 aromatic rings. The van der Waals surface area contributed by atoms with Gasteiger partial charge >= 0.3 is 0 Å². The summed E-state index contributed by atoms with van der Waals surface area (Å²) in [4.78, 5) is 77.2. The zero-order chi connectivity index (χ0) is 33.1. The number of Topliss-reactive ketones (excluding diaryl/α,β-unsaturated/α-hetero) is 1. The number of nitrogens with two attached hydrogens (primary N) is 1. The Balaban J connectivity index is 1.74. The summed E-state index contributed by atoms with van der Waals surface area (Å²) >= 11 is 0. The molecule has 0 aliphatic carbocycles. The summed E-state index contributed by atoms with van der Waals surface area (Å²) in [6, 6.07) is 18.8. The molecule has 5 amide bonds. The van der Waals surface area contributed by atoms with Crippen LogP contribution in [-0.4, -0.2) is 59.0 Å². The molecule has 0 aliphatic heterocycles. The lowest BCUT2D eigenvalue weighted by Gasteiger charge is -2.26. The standard InChI is InChI=1S/C33H36FN5O6/c1-20(27(40)31(44)38-26(19-22-14-8-5-9-15-22)30(43)39-33(2,3)32(35)45)36-29(42)25(18-21-12-6-4-7-13-21)37-28(41)23-16-10-11-17-24(23)34/h4-17,20,25-26H,18-19H2,1-3H3,(H2,35,45)(H,36,42)(H,37,41)(H,38,44)(H,39,43)/t20?,25-,26?/m0/s1. The van der Waals surface area contributed by atoms with E-state index in [1.807, 2.05) is 0 Å². The summed E-state index contributed by atoms with van der Waals surface area (Å²) in [6.45, 7) is 4.07. The number of benzene rings is 3. The Morgan fingerprint density at radius 1 is 0.711 bits per heavy atom. The Labute approximate surface area is 260 Å². The molecule has 45 heavy (non-hydrogen) atoms. The maximum atomic E-state index is 14.3. The number of amides is 5. The number of nitrogens with one attached hydrogen (secondary N) is 4. The van der Waals surface area contributed by atoms with Gasteiger partial charge in [0.2, 0.25) is 23.5 Å². The van der Waals surface area contributed by atoms with Crippen LogP contribution in [0.5, 0.6) is 0 Å². The van der Waals surface area contributed by atoms with Crippen molar-refractivity contribution in [2.45, 2.75) is 57.3 Å². The van der Waals surface area contributed by atoms with E-state index in [4.69, 9.17) is 5.73 Å². The Morgan fingerprint density at radius 2 is 1.20 bits per heavy atom. The molecule has 0 bridgehead atoms. The molecule has 0 saturated carbocycles. The molecule has 0 radical (unpaired) electrons. The van der Waals surface area contributed by atoms with Crippen molar-refractivity contribution in [2.24, 2.45) is 5.73 Å². The smallest absolute Gasteiger partial charge is 0.290 e. The molecule has 2 unspecified atom stereocenters. The first-order chi connectivity index (χ1) is 21.3. The first kappa shape index (κ1) is 34.1. The van der Waals surface area contributed by atoms with Gasteiger partial charge in [-0.15, -0.1) is 0 Å². The Bertz CT molecular complexity index is 1550. The normalized spacial score (nSPS) is 13.0. The van der Waals surface area contributed by atoms with Crippen LogP contribution in [0.2, 0.25) is 0 Å². The maximum Gasteiger partial charge on any atom is 0.290 e. The third-order valence-corrected chi connectivity index (χ3v) is 6.95. The molecule has 0 saturated heterocycles. The van der Waals surface area contributed by atoms with Crippen LogP contribution in [-0.2, 0) is 36.8 Å². The quantitative estimate of drug-likeness (QED) is 0.171. The van der Waals surface area contributed by atoms with Gasteiger partial charge in [0.05, 0.1) is 11.6 Å². The summed E-state index contributed by atoms with van der Waals surface area (Å²) in [6.07, 6.45) is -0.00254. The zero-order valence-electron chi connectivity index (χ0n) is 25.1. The minimum absolute atomic E-state index is 0.00887. The van der Waals surface area contributed by atoms with Crippen molar-refractivity contribution in [2.75, 3.05) is 0 Å². The number of hydrogen-bond acceptors (Lipinski definition) is 6. The van der Waals surface area contributed by atoms with Gasteiger partial charge in [-0.2, -0.15) is 0 Å². The molecule has 0 heterocycles. The molecular formula is C33H36FN5O6. The van der Waals surface area contributed by atoms with E-state index in [0.29, 0.717) is 11.1 Å². The lowest BCUT2D eigenvalue weighted by atomic mass is 10.0.